The first-order valence-corrected chi connectivity index (χ1v) is 5.84. The number of aryl methyl sites for hydroxylation is 1. The summed E-state index contributed by atoms with van der Waals surface area (Å²) in [6.45, 7) is -0.336. The van der Waals surface area contributed by atoms with E-state index in [4.69, 9.17) is 6.42 Å². The number of carbonyl (C=O) groups is 1. The summed E-state index contributed by atoms with van der Waals surface area (Å²) < 4.78 is 37.8. The molecule has 0 saturated heterocycles. The van der Waals surface area contributed by atoms with Crippen LogP contribution in [0.15, 0.2) is 24.3 Å². The van der Waals surface area contributed by atoms with Gasteiger partial charge in [0.2, 0.25) is 0 Å². The third-order valence-corrected chi connectivity index (χ3v) is 3.24. The minimum absolute atomic E-state index is 0.336. The molecule has 0 bridgehead atoms. The van der Waals surface area contributed by atoms with E-state index in [1.54, 1.807) is 12.1 Å². The van der Waals surface area contributed by atoms with E-state index >= 15 is 0 Å². The van der Waals surface area contributed by atoms with Crippen LogP contribution in [0.3, 0.4) is 0 Å². The average molecular weight is 267 g/mol. The van der Waals surface area contributed by atoms with Crippen LogP contribution in [0.5, 0.6) is 0 Å². The Morgan fingerprint density at radius 3 is 2.74 bits per heavy atom. The molecule has 0 aliphatic heterocycles. The molecule has 0 fully saturated rings. The van der Waals surface area contributed by atoms with Crippen LogP contribution in [-0.2, 0) is 11.2 Å². The first-order valence-electron chi connectivity index (χ1n) is 5.84. The Morgan fingerprint density at radius 1 is 1.42 bits per heavy atom. The lowest BCUT2D eigenvalue weighted by Crippen LogP contribution is -2.43. The number of nitrogens with zero attached hydrogens (tertiary/aromatic N) is 1. The molecule has 0 spiro atoms. The van der Waals surface area contributed by atoms with Gasteiger partial charge in [0.25, 0.3) is 0 Å². The lowest BCUT2D eigenvalue weighted by molar-refractivity contribution is -0.187. The molecule has 2 nitrogen and oxygen atoms in total. The molecule has 100 valence electrons. The maximum absolute atomic E-state index is 12.6. The Bertz CT molecular complexity index is 530. The van der Waals surface area contributed by atoms with Crippen molar-refractivity contribution in [3.63, 3.8) is 0 Å². The fraction of sp³-hybridized carbons (Fsp3) is 0.357. The molecular weight excluding hydrogens is 255 g/mol. The van der Waals surface area contributed by atoms with Gasteiger partial charge in [0.05, 0.1) is 12.6 Å². The SMILES string of the molecule is C#CCN(C(=O)C(F)(F)F)C1CCc2ccccc21. The standard InChI is InChI=1S/C14H12F3NO/c1-2-9-18(13(19)14(15,16)17)12-8-7-10-5-3-4-6-11(10)12/h1,3-6,12H,7-9H2. The monoisotopic (exact) mass is 267 g/mol. The Balaban J connectivity index is 2.32. The van der Waals surface area contributed by atoms with E-state index in [0.717, 1.165) is 16.0 Å². The molecule has 1 aliphatic carbocycles. The van der Waals surface area contributed by atoms with Crippen molar-refractivity contribution in [2.24, 2.45) is 0 Å². The zero-order chi connectivity index (χ0) is 14.0. The average Bonchev–Trinajstić information content (AvgIpc) is 2.78. The smallest absolute Gasteiger partial charge is 0.317 e. The highest BCUT2D eigenvalue weighted by atomic mass is 19.4. The summed E-state index contributed by atoms with van der Waals surface area (Å²) in [6, 6.07) is 6.62. The predicted molar refractivity (Wildman–Crippen MR) is 64.1 cm³/mol. The third-order valence-electron chi connectivity index (χ3n) is 3.24. The second kappa shape index (κ2) is 4.96. The van der Waals surface area contributed by atoms with Crippen molar-refractivity contribution in [1.29, 1.82) is 0 Å². The topological polar surface area (TPSA) is 20.3 Å². The molecule has 1 amide bonds. The number of halogens is 3. The molecule has 1 unspecified atom stereocenters. The van der Waals surface area contributed by atoms with Crippen LogP contribution >= 0.6 is 0 Å². The van der Waals surface area contributed by atoms with E-state index < -0.39 is 18.1 Å². The Kier molecular flexibility index (Phi) is 3.52. The van der Waals surface area contributed by atoms with Crippen molar-refractivity contribution in [3.05, 3.63) is 35.4 Å². The zero-order valence-electron chi connectivity index (χ0n) is 10.1. The molecule has 0 heterocycles. The van der Waals surface area contributed by atoms with Gasteiger partial charge in [0.1, 0.15) is 0 Å². The Hall–Kier alpha value is -1.96. The number of hydrogen-bond acceptors (Lipinski definition) is 1. The number of fused-ring (bicyclic) bond motifs is 1. The van der Waals surface area contributed by atoms with Gasteiger partial charge in [-0.15, -0.1) is 6.42 Å². The minimum Gasteiger partial charge on any atom is -0.317 e. The summed E-state index contributed by atoms with van der Waals surface area (Å²) >= 11 is 0. The van der Waals surface area contributed by atoms with E-state index in [1.807, 2.05) is 12.1 Å². The number of rotatable bonds is 2. The summed E-state index contributed by atoms with van der Waals surface area (Å²) in [4.78, 5) is 12.2. The predicted octanol–water partition coefficient (Wildman–Crippen LogP) is 2.70. The second-order valence-electron chi connectivity index (χ2n) is 4.39. The molecule has 1 aromatic rings. The summed E-state index contributed by atoms with van der Waals surface area (Å²) in [5, 5.41) is 0. The Morgan fingerprint density at radius 2 is 2.11 bits per heavy atom. The highest BCUT2D eigenvalue weighted by Gasteiger charge is 2.45. The highest BCUT2D eigenvalue weighted by Crippen LogP contribution is 2.37. The fourth-order valence-corrected chi connectivity index (χ4v) is 2.44. The summed E-state index contributed by atoms with van der Waals surface area (Å²) in [5.74, 6) is 0.265. The number of carbonyl (C=O) groups excluding carboxylic acids is 1. The largest absolute Gasteiger partial charge is 0.471 e. The molecule has 19 heavy (non-hydrogen) atoms. The van der Waals surface area contributed by atoms with E-state index in [0.29, 0.717) is 12.8 Å². The molecule has 0 N–H and O–H groups in total. The molecule has 1 aliphatic rings. The van der Waals surface area contributed by atoms with E-state index in [-0.39, 0.29) is 6.54 Å². The first-order chi connectivity index (χ1) is 8.95. The summed E-state index contributed by atoms with van der Waals surface area (Å²) in [7, 11) is 0. The lowest BCUT2D eigenvalue weighted by Gasteiger charge is -2.28. The van der Waals surface area contributed by atoms with Crippen molar-refractivity contribution in [3.8, 4) is 12.3 Å². The second-order valence-corrected chi connectivity index (χ2v) is 4.39. The Labute approximate surface area is 109 Å². The van der Waals surface area contributed by atoms with E-state index in [1.165, 1.54) is 0 Å². The number of terminal acetylenes is 1. The van der Waals surface area contributed by atoms with Gasteiger partial charge in [-0.25, -0.2) is 0 Å². The molecule has 0 aromatic heterocycles. The van der Waals surface area contributed by atoms with Crippen molar-refractivity contribution in [2.45, 2.75) is 25.1 Å². The summed E-state index contributed by atoms with van der Waals surface area (Å²) in [6.07, 6.45) is 1.33. The van der Waals surface area contributed by atoms with Crippen LogP contribution in [0.25, 0.3) is 0 Å². The van der Waals surface area contributed by atoms with Crippen LogP contribution in [0.1, 0.15) is 23.6 Å². The lowest BCUT2D eigenvalue weighted by atomic mass is 10.1. The van der Waals surface area contributed by atoms with Gasteiger partial charge in [-0.05, 0) is 24.0 Å². The van der Waals surface area contributed by atoms with Crippen LogP contribution in [0.2, 0.25) is 0 Å². The van der Waals surface area contributed by atoms with Crippen molar-refractivity contribution < 1.29 is 18.0 Å². The summed E-state index contributed by atoms with van der Waals surface area (Å²) in [5.41, 5.74) is 1.74. The van der Waals surface area contributed by atoms with E-state index in [9.17, 15) is 18.0 Å². The van der Waals surface area contributed by atoms with E-state index in [2.05, 4.69) is 5.92 Å². The quantitative estimate of drug-likeness (QED) is 0.754. The van der Waals surface area contributed by atoms with Crippen LogP contribution < -0.4 is 0 Å². The number of alkyl halides is 3. The van der Waals surface area contributed by atoms with Crippen LogP contribution in [0.4, 0.5) is 13.2 Å². The maximum atomic E-state index is 12.6. The van der Waals surface area contributed by atoms with Gasteiger partial charge >= 0.3 is 12.1 Å². The minimum atomic E-state index is -4.89. The maximum Gasteiger partial charge on any atom is 0.471 e. The molecule has 5 heteroatoms. The van der Waals surface area contributed by atoms with Crippen LogP contribution in [0, 0.1) is 12.3 Å². The molecule has 2 rings (SSSR count). The van der Waals surface area contributed by atoms with Crippen molar-refractivity contribution >= 4 is 5.91 Å². The molecule has 0 radical (unpaired) electrons. The van der Waals surface area contributed by atoms with Crippen molar-refractivity contribution in [2.75, 3.05) is 6.54 Å². The normalized spacial score (nSPS) is 17.7. The fourth-order valence-electron chi connectivity index (χ4n) is 2.44. The van der Waals surface area contributed by atoms with Gasteiger partial charge in [0.15, 0.2) is 0 Å². The van der Waals surface area contributed by atoms with Gasteiger partial charge in [-0.3, -0.25) is 4.79 Å². The molecule has 1 atom stereocenters. The number of hydrogen-bond donors (Lipinski definition) is 0. The zero-order valence-corrected chi connectivity index (χ0v) is 10.1. The molecule has 1 aromatic carbocycles. The van der Waals surface area contributed by atoms with Crippen LogP contribution in [-0.4, -0.2) is 23.5 Å². The first kappa shape index (κ1) is 13.5. The third kappa shape index (κ3) is 2.58. The number of amides is 1. The van der Waals surface area contributed by atoms with Crippen molar-refractivity contribution in [1.82, 2.24) is 4.90 Å². The molecular formula is C14H12F3NO. The molecule has 0 saturated carbocycles. The number of benzene rings is 1. The highest BCUT2D eigenvalue weighted by molar-refractivity contribution is 5.82. The van der Waals surface area contributed by atoms with Gasteiger partial charge in [-0.2, -0.15) is 13.2 Å². The van der Waals surface area contributed by atoms with Gasteiger partial charge < -0.3 is 4.90 Å². The van der Waals surface area contributed by atoms with Gasteiger partial charge in [-0.1, -0.05) is 30.2 Å². The van der Waals surface area contributed by atoms with Gasteiger partial charge in [0, 0.05) is 0 Å².